The van der Waals surface area contributed by atoms with E-state index in [-0.39, 0.29) is 39.9 Å². The van der Waals surface area contributed by atoms with E-state index >= 15 is 0 Å². The molecule has 0 aromatic heterocycles. The first-order chi connectivity index (χ1) is 18.8. The molecule has 0 N–H and O–H groups in total. The lowest BCUT2D eigenvalue weighted by Crippen LogP contribution is -2.46. The van der Waals surface area contributed by atoms with Crippen LogP contribution in [0.25, 0.3) is 0 Å². The van der Waals surface area contributed by atoms with Crippen LogP contribution < -0.4 is 0 Å². The predicted octanol–water partition coefficient (Wildman–Crippen LogP) is 6.82. The summed E-state index contributed by atoms with van der Waals surface area (Å²) in [5.74, 6) is 1.69. The summed E-state index contributed by atoms with van der Waals surface area (Å²) in [4.78, 5) is 0.200. The first kappa shape index (κ1) is 25.3. The summed E-state index contributed by atoms with van der Waals surface area (Å²) >= 11 is 0. The summed E-state index contributed by atoms with van der Waals surface area (Å²) < 4.78 is 56.5. The third-order valence-electron chi connectivity index (χ3n) is 10.4. The van der Waals surface area contributed by atoms with Crippen molar-refractivity contribution in [2.24, 2.45) is 29.1 Å². The summed E-state index contributed by atoms with van der Waals surface area (Å²) in [6.45, 7) is 0. The van der Waals surface area contributed by atoms with Gasteiger partial charge < -0.3 is 0 Å². The van der Waals surface area contributed by atoms with Gasteiger partial charge >= 0.3 is 0 Å². The fourth-order valence-electron chi connectivity index (χ4n) is 8.76. The molecule has 1 unspecified atom stereocenters. The van der Waals surface area contributed by atoms with E-state index in [0.29, 0.717) is 17.8 Å². The van der Waals surface area contributed by atoms with Crippen molar-refractivity contribution in [1.29, 1.82) is 0 Å². The molecule has 0 spiro atoms. The molecule has 39 heavy (non-hydrogen) atoms. The Morgan fingerprint density at radius 1 is 0.615 bits per heavy atom. The van der Waals surface area contributed by atoms with Crippen LogP contribution in [0.5, 0.6) is 0 Å². The number of benzene rings is 3. The molecule has 0 heterocycles. The Kier molecular flexibility index (Phi) is 5.77. The molecule has 3 fully saturated rings. The van der Waals surface area contributed by atoms with Crippen LogP contribution in [0.1, 0.15) is 50.0 Å². The van der Waals surface area contributed by atoms with Gasteiger partial charge in [0, 0.05) is 0 Å². The van der Waals surface area contributed by atoms with Gasteiger partial charge in [-0.05, 0) is 103 Å². The minimum Gasteiger partial charge on any atom is -0.222 e. The van der Waals surface area contributed by atoms with Gasteiger partial charge in [0.05, 0.1) is 9.79 Å². The predicted molar refractivity (Wildman–Crippen MR) is 152 cm³/mol. The molecular formula is C33H34O4S2. The topological polar surface area (TPSA) is 68.3 Å². The number of sulfone groups is 2. The van der Waals surface area contributed by atoms with Crippen molar-refractivity contribution >= 4 is 19.7 Å². The second-order valence-electron chi connectivity index (χ2n) is 12.0. The van der Waals surface area contributed by atoms with Crippen LogP contribution in [-0.2, 0) is 19.7 Å². The van der Waals surface area contributed by atoms with Crippen molar-refractivity contribution in [3.63, 3.8) is 0 Å². The van der Waals surface area contributed by atoms with Gasteiger partial charge in [0.1, 0.15) is 0 Å². The Morgan fingerprint density at radius 3 is 1.56 bits per heavy atom. The van der Waals surface area contributed by atoms with E-state index in [0.717, 1.165) is 25.7 Å². The molecule has 6 heteroatoms. The molecule has 6 atom stereocenters. The summed E-state index contributed by atoms with van der Waals surface area (Å²) in [5, 5.41) is 0. The zero-order valence-corrected chi connectivity index (χ0v) is 23.5. The van der Waals surface area contributed by atoms with Crippen molar-refractivity contribution in [2.45, 2.75) is 58.3 Å². The zero-order valence-electron chi connectivity index (χ0n) is 21.9. The van der Waals surface area contributed by atoms with Crippen LogP contribution in [0.2, 0.25) is 0 Å². The highest BCUT2D eigenvalue weighted by Crippen LogP contribution is 2.86. The Balaban J connectivity index is 1.39. The highest BCUT2D eigenvalue weighted by molar-refractivity contribution is 8.10. The number of rotatable bonds is 6. The van der Waals surface area contributed by atoms with E-state index < -0.39 is 23.8 Å². The molecule has 0 bridgehead atoms. The van der Waals surface area contributed by atoms with Crippen molar-refractivity contribution in [3.8, 4) is 0 Å². The van der Waals surface area contributed by atoms with Crippen molar-refractivity contribution < 1.29 is 16.8 Å². The van der Waals surface area contributed by atoms with E-state index in [9.17, 15) is 16.8 Å². The van der Waals surface area contributed by atoms with Crippen molar-refractivity contribution in [1.82, 2.24) is 0 Å². The van der Waals surface area contributed by atoms with Crippen LogP contribution in [0.3, 0.4) is 0 Å². The minimum atomic E-state index is -4.21. The minimum absolute atomic E-state index is 0.0306. The molecule has 4 aliphatic rings. The quantitative estimate of drug-likeness (QED) is 0.312. The zero-order chi connectivity index (χ0) is 26.9. The molecule has 3 saturated carbocycles. The van der Waals surface area contributed by atoms with Gasteiger partial charge in [-0.2, -0.15) is 0 Å². The second kappa shape index (κ2) is 8.90. The van der Waals surface area contributed by atoms with Crippen molar-refractivity contribution in [2.75, 3.05) is 0 Å². The SMILES string of the molecule is O=S(=O)(c1ccccc1)C1(S(=O)(=O)c2ccccc2)C[C@@H]2[C@@H](c3ccccc3)[C@]2(C2[C@H]3CC/C=C\CC[C@@H]23)C1. The Morgan fingerprint density at radius 2 is 1.08 bits per heavy atom. The second-order valence-corrected chi connectivity index (χ2v) is 16.8. The van der Waals surface area contributed by atoms with Gasteiger partial charge in [-0.1, -0.05) is 78.9 Å². The Bertz CT molecular complexity index is 1530. The normalized spacial score (nSPS) is 33.7. The molecular weight excluding hydrogens is 524 g/mol. The smallest absolute Gasteiger partial charge is 0.198 e. The monoisotopic (exact) mass is 558 g/mol. The summed E-state index contributed by atoms with van der Waals surface area (Å²) in [6.07, 6.45) is 9.17. The van der Waals surface area contributed by atoms with E-state index in [1.165, 1.54) is 5.56 Å². The van der Waals surface area contributed by atoms with E-state index in [1.54, 1.807) is 60.7 Å². The van der Waals surface area contributed by atoms with Crippen LogP contribution in [0, 0.1) is 29.1 Å². The molecule has 0 radical (unpaired) electrons. The van der Waals surface area contributed by atoms with E-state index in [2.05, 4.69) is 24.3 Å². The van der Waals surface area contributed by atoms with Gasteiger partial charge in [0.25, 0.3) is 0 Å². The van der Waals surface area contributed by atoms with E-state index in [1.807, 2.05) is 18.2 Å². The lowest BCUT2D eigenvalue weighted by Gasteiger charge is -2.34. The molecule has 4 nitrogen and oxygen atoms in total. The Labute approximate surface area is 232 Å². The maximum Gasteiger partial charge on any atom is 0.198 e. The molecule has 3 aromatic carbocycles. The van der Waals surface area contributed by atoms with Gasteiger partial charge in [-0.15, -0.1) is 0 Å². The molecule has 7 rings (SSSR count). The number of fused-ring (bicyclic) bond motifs is 2. The van der Waals surface area contributed by atoms with Crippen LogP contribution in [-0.4, -0.2) is 20.9 Å². The van der Waals surface area contributed by atoms with Crippen LogP contribution in [0.15, 0.2) is 113 Å². The average molecular weight is 559 g/mol. The summed E-state index contributed by atoms with van der Waals surface area (Å²) in [5.41, 5.74) is 0.910. The Hall–Kier alpha value is -2.70. The van der Waals surface area contributed by atoms with E-state index in [4.69, 9.17) is 0 Å². The fourth-order valence-corrected chi connectivity index (χ4v) is 14.1. The van der Waals surface area contributed by atoms with Crippen LogP contribution in [0.4, 0.5) is 0 Å². The van der Waals surface area contributed by atoms with Crippen LogP contribution >= 0.6 is 0 Å². The standard InChI is InChI=1S/C33H34O4S2/c34-38(35,25-16-8-4-9-17-25)32(39(36,37)26-18-10-5-11-19-26)22-29-30(24-14-6-3-7-15-24)33(29,23-32)31-27-20-12-1-2-13-21-28(27)31/h1-11,14-19,27-31H,12-13,20-23H2/b2-1-/t27-,28+,29-,30-,31?,33+/m1/s1. The average Bonchev–Trinajstić information content (AvgIpc) is 3.76. The third-order valence-corrected chi connectivity index (χ3v) is 16.0. The lowest BCUT2D eigenvalue weighted by molar-refractivity contribution is 0.353. The largest absolute Gasteiger partial charge is 0.222 e. The first-order valence-electron chi connectivity index (χ1n) is 14.1. The van der Waals surface area contributed by atoms with Gasteiger partial charge in [0.2, 0.25) is 0 Å². The maximum atomic E-state index is 14.6. The molecule has 0 amide bonds. The number of hydrogen-bond donors (Lipinski definition) is 0. The molecule has 3 aromatic rings. The van der Waals surface area contributed by atoms with Gasteiger partial charge in [-0.25, -0.2) is 16.8 Å². The summed E-state index contributed by atoms with van der Waals surface area (Å²) in [6, 6.07) is 26.9. The highest BCUT2D eigenvalue weighted by atomic mass is 32.3. The third kappa shape index (κ3) is 3.53. The maximum absolute atomic E-state index is 14.6. The van der Waals surface area contributed by atoms with Gasteiger partial charge in [0.15, 0.2) is 23.8 Å². The molecule has 4 aliphatic carbocycles. The van der Waals surface area contributed by atoms with Gasteiger partial charge in [-0.3, -0.25) is 0 Å². The molecule has 0 saturated heterocycles. The highest BCUT2D eigenvalue weighted by Gasteiger charge is 2.84. The fraction of sp³-hybridized carbons (Fsp3) is 0.394. The lowest BCUT2D eigenvalue weighted by atomic mass is 9.87. The number of allylic oxidation sites excluding steroid dienone is 2. The molecule has 0 aliphatic heterocycles. The first-order valence-corrected chi connectivity index (χ1v) is 17.1. The molecule has 202 valence electrons. The number of hydrogen-bond acceptors (Lipinski definition) is 4. The summed E-state index contributed by atoms with van der Waals surface area (Å²) in [7, 11) is -8.41. The van der Waals surface area contributed by atoms with Crippen molar-refractivity contribution in [3.05, 3.63) is 109 Å².